The van der Waals surface area contributed by atoms with E-state index in [0.717, 1.165) is 16.7 Å². The van der Waals surface area contributed by atoms with Crippen LogP contribution in [-0.4, -0.2) is 16.8 Å². The molecule has 0 fully saturated rings. The molecule has 0 aliphatic carbocycles. The molecule has 7 heteroatoms. The predicted molar refractivity (Wildman–Crippen MR) is 162 cm³/mol. The highest BCUT2D eigenvalue weighted by molar-refractivity contribution is 5.96. The Morgan fingerprint density at radius 3 is 2.34 bits per heavy atom. The van der Waals surface area contributed by atoms with Gasteiger partial charge in [0.1, 0.15) is 5.75 Å². The third kappa shape index (κ3) is 8.50. The molecular weight excluding hydrogens is 512 g/mol. The number of nitrogens with zero attached hydrogens (tertiary/aromatic N) is 2. The summed E-state index contributed by atoms with van der Waals surface area (Å²) >= 11 is 0. The first-order valence-electron chi connectivity index (χ1n) is 13.8. The summed E-state index contributed by atoms with van der Waals surface area (Å²) in [6.45, 7) is 7.61. The van der Waals surface area contributed by atoms with Crippen molar-refractivity contribution < 1.29 is 14.3 Å². The summed E-state index contributed by atoms with van der Waals surface area (Å²) in [4.78, 5) is 32.1. The molecule has 0 atom stereocenters. The van der Waals surface area contributed by atoms with Gasteiger partial charge >= 0.3 is 0 Å². The van der Waals surface area contributed by atoms with Crippen molar-refractivity contribution in [3.05, 3.63) is 120 Å². The Balaban J connectivity index is 1.55. The molecule has 0 unspecified atom stereocenters. The Morgan fingerprint density at radius 2 is 1.63 bits per heavy atom. The second-order valence-electron chi connectivity index (χ2n) is 11.0. The van der Waals surface area contributed by atoms with E-state index in [1.54, 1.807) is 17.3 Å². The van der Waals surface area contributed by atoms with Crippen LogP contribution in [0.15, 0.2) is 97.3 Å². The number of rotatable bonds is 11. The number of carbonyl (C=O) groups is 2. The largest absolute Gasteiger partial charge is 0.455 e. The van der Waals surface area contributed by atoms with Crippen LogP contribution in [0, 0.1) is 0 Å². The van der Waals surface area contributed by atoms with Gasteiger partial charge in [-0.1, -0.05) is 75.4 Å². The van der Waals surface area contributed by atoms with Crippen molar-refractivity contribution in [2.75, 3.05) is 4.90 Å². The molecule has 0 saturated heterocycles. The van der Waals surface area contributed by atoms with Crippen LogP contribution < -0.4 is 20.7 Å². The molecule has 0 aliphatic rings. The van der Waals surface area contributed by atoms with E-state index in [2.05, 4.69) is 55.3 Å². The molecule has 0 saturated carbocycles. The average Bonchev–Trinajstić information content (AvgIpc) is 2.98. The van der Waals surface area contributed by atoms with Crippen molar-refractivity contribution in [2.45, 2.75) is 58.7 Å². The summed E-state index contributed by atoms with van der Waals surface area (Å²) in [5, 5.41) is 2.87. The zero-order valence-electron chi connectivity index (χ0n) is 24.0. The Kier molecular flexibility index (Phi) is 9.87. The molecule has 7 nitrogen and oxygen atoms in total. The monoisotopic (exact) mass is 550 g/mol. The highest BCUT2D eigenvalue weighted by atomic mass is 16.5. The zero-order valence-corrected chi connectivity index (χ0v) is 24.0. The van der Waals surface area contributed by atoms with Crippen molar-refractivity contribution in [3.63, 3.8) is 0 Å². The quantitative estimate of drug-likeness (QED) is 0.230. The second-order valence-corrected chi connectivity index (χ2v) is 11.0. The Hall–Kier alpha value is -4.49. The van der Waals surface area contributed by atoms with Crippen molar-refractivity contribution in [1.29, 1.82) is 0 Å². The summed E-state index contributed by atoms with van der Waals surface area (Å²) < 4.78 is 6.26. The van der Waals surface area contributed by atoms with E-state index in [1.807, 2.05) is 60.7 Å². The molecular formula is C34H38N4O3. The number of hydrogen-bond donors (Lipinski definition) is 2. The van der Waals surface area contributed by atoms with Gasteiger partial charge in [-0.3, -0.25) is 14.6 Å². The van der Waals surface area contributed by atoms with E-state index in [4.69, 9.17) is 10.5 Å². The Morgan fingerprint density at radius 1 is 0.878 bits per heavy atom. The predicted octanol–water partition coefficient (Wildman–Crippen LogP) is 6.26. The number of aromatic nitrogens is 1. The lowest BCUT2D eigenvalue weighted by molar-refractivity contribution is -0.125. The smallest absolute Gasteiger partial charge is 0.227 e. The average molecular weight is 551 g/mol. The summed E-state index contributed by atoms with van der Waals surface area (Å²) in [5.74, 6) is 0.812. The fourth-order valence-corrected chi connectivity index (χ4v) is 4.38. The maximum Gasteiger partial charge on any atom is 0.227 e. The minimum absolute atomic E-state index is 0.0235. The number of amides is 2. The molecule has 1 heterocycles. The van der Waals surface area contributed by atoms with E-state index in [0.29, 0.717) is 36.8 Å². The summed E-state index contributed by atoms with van der Waals surface area (Å²) in [5.41, 5.74) is 10.5. The maximum atomic E-state index is 13.7. The second kappa shape index (κ2) is 13.7. The first-order valence-corrected chi connectivity index (χ1v) is 13.8. The fraction of sp³-hybridized carbons (Fsp3) is 0.265. The topological polar surface area (TPSA) is 97.5 Å². The van der Waals surface area contributed by atoms with Gasteiger partial charge in [-0.2, -0.15) is 0 Å². The van der Waals surface area contributed by atoms with Crippen LogP contribution in [0.4, 0.5) is 5.69 Å². The standard InChI is InChI=1S/C34H38N4O3/c1-34(2,3)28-15-13-25(14-16-28)24-38(33(40)18-17-32(39)37-23-27-9-7-19-36-22-27)30-11-4-5-12-31(30)41-29-10-6-8-26(20-29)21-35/h4-16,19-20,22H,17-18,21,23-24,35H2,1-3H3,(H,37,39). The molecule has 212 valence electrons. The molecule has 0 aliphatic heterocycles. The van der Waals surface area contributed by atoms with Gasteiger partial charge in [-0.05, 0) is 58.0 Å². The highest BCUT2D eigenvalue weighted by Gasteiger charge is 2.22. The summed E-state index contributed by atoms with van der Waals surface area (Å²) in [6, 6.07) is 27.1. The van der Waals surface area contributed by atoms with Gasteiger partial charge < -0.3 is 20.7 Å². The van der Waals surface area contributed by atoms with Crippen LogP contribution in [0.5, 0.6) is 11.5 Å². The lowest BCUT2D eigenvalue weighted by atomic mass is 9.87. The molecule has 1 aromatic heterocycles. The molecule has 3 N–H and O–H groups in total. The van der Waals surface area contributed by atoms with Gasteiger partial charge in [-0.15, -0.1) is 0 Å². The van der Waals surface area contributed by atoms with Gasteiger partial charge in [0, 0.05) is 38.3 Å². The minimum atomic E-state index is -0.195. The Bertz CT molecular complexity index is 1450. The Labute approximate surface area is 242 Å². The lowest BCUT2D eigenvalue weighted by Crippen LogP contribution is -2.32. The normalized spacial score (nSPS) is 11.1. The number of ether oxygens (including phenoxy) is 1. The van der Waals surface area contributed by atoms with E-state index < -0.39 is 0 Å². The van der Waals surface area contributed by atoms with Gasteiger partial charge in [0.25, 0.3) is 0 Å². The number of nitrogens with one attached hydrogen (secondary N) is 1. The molecule has 4 rings (SSSR count). The van der Waals surface area contributed by atoms with Crippen LogP contribution in [-0.2, 0) is 34.6 Å². The number of carbonyl (C=O) groups excluding carboxylic acids is 2. The summed E-state index contributed by atoms with van der Waals surface area (Å²) in [6.07, 6.45) is 3.51. The molecule has 3 aromatic carbocycles. The molecule has 41 heavy (non-hydrogen) atoms. The molecule has 4 aromatic rings. The number of benzene rings is 3. The number of para-hydroxylation sites is 2. The van der Waals surface area contributed by atoms with E-state index in [1.165, 1.54) is 5.56 Å². The maximum absolute atomic E-state index is 13.7. The van der Waals surface area contributed by atoms with Gasteiger partial charge in [0.2, 0.25) is 11.8 Å². The minimum Gasteiger partial charge on any atom is -0.455 e. The van der Waals surface area contributed by atoms with Gasteiger partial charge in [0.05, 0.1) is 12.2 Å². The van der Waals surface area contributed by atoms with Crippen molar-refractivity contribution in [1.82, 2.24) is 10.3 Å². The van der Waals surface area contributed by atoms with E-state index in [-0.39, 0.29) is 30.1 Å². The zero-order chi connectivity index (χ0) is 29.2. The molecule has 0 spiro atoms. The van der Waals surface area contributed by atoms with Crippen LogP contribution in [0.1, 0.15) is 55.9 Å². The third-order valence-electron chi connectivity index (χ3n) is 6.76. The molecule has 2 amide bonds. The van der Waals surface area contributed by atoms with Crippen LogP contribution >= 0.6 is 0 Å². The summed E-state index contributed by atoms with van der Waals surface area (Å²) in [7, 11) is 0. The third-order valence-corrected chi connectivity index (χ3v) is 6.76. The van der Waals surface area contributed by atoms with Crippen molar-refractivity contribution >= 4 is 17.5 Å². The van der Waals surface area contributed by atoms with Crippen LogP contribution in [0.2, 0.25) is 0 Å². The van der Waals surface area contributed by atoms with Crippen molar-refractivity contribution in [2.24, 2.45) is 5.73 Å². The van der Waals surface area contributed by atoms with Gasteiger partial charge in [0.15, 0.2) is 5.75 Å². The first-order chi connectivity index (χ1) is 19.7. The van der Waals surface area contributed by atoms with Crippen LogP contribution in [0.25, 0.3) is 0 Å². The number of hydrogen-bond acceptors (Lipinski definition) is 5. The van der Waals surface area contributed by atoms with Crippen LogP contribution in [0.3, 0.4) is 0 Å². The molecule has 0 radical (unpaired) electrons. The number of nitrogens with two attached hydrogens (primary N) is 1. The number of anilines is 1. The molecule has 0 bridgehead atoms. The SMILES string of the molecule is CC(C)(C)c1ccc(CN(C(=O)CCC(=O)NCc2cccnc2)c2ccccc2Oc2cccc(CN)c2)cc1. The fourth-order valence-electron chi connectivity index (χ4n) is 4.38. The first kappa shape index (κ1) is 29.5. The van der Waals surface area contributed by atoms with E-state index in [9.17, 15) is 9.59 Å². The lowest BCUT2D eigenvalue weighted by Gasteiger charge is -2.26. The highest BCUT2D eigenvalue weighted by Crippen LogP contribution is 2.34. The van der Waals surface area contributed by atoms with Gasteiger partial charge in [-0.25, -0.2) is 0 Å². The van der Waals surface area contributed by atoms with E-state index >= 15 is 0 Å². The van der Waals surface area contributed by atoms with Crippen molar-refractivity contribution in [3.8, 4) is 11.5 Å². The number of pyridine rings is 1.